The van der Waals surface area contributed by atoms with Crippen LogP contribution in [0.1, 0.15) is 27.2 Å². The number of thiazole rings is 1. The molecule has 7 nitrogen and oxygen atoms in total. The number of nitrogens with zero attached hydrogens (tertiary/aromatic N) is 3. The minimum absolute atomic E-state index is 0.0778. The van der Waals surface area contributed by atoms with E-state index in [-0.39, 0.29) is 10.0 Å². The van der Waals surface area contributed by atoms with Crippen molar-refractivity contribution in [2.45, 2.75) is 13.5 Å². The number of nitriles is 1. The molecule has 10 heteroatoms. The van der Waals surface area contributed by atoms with Gasteiger partial charge in [-0.15, -0.1) is 0 Å². The number of rotatable bonds is 6. The van der Waals surface area contributed by atoms with Crippen molar-refractivity contribution in [1.82, 2.24) is 9.71 Å². The lowest BCUT2D eigenvalue weighted by Gasteiger charge is -2.22. The number of hydrogen-bond donors (Lipinski definition) is 1. The number of amides is 1. The number of benzene rings is 2. The van der Waals surface area contributed by atoms with Gasteiger partial charge in [-0.05, 0) is 36.8 Å². The zero-order valence-electron chi connectivity index (χ0n) is 16.1. The van der Waals surface area contributed by atoms with Gasteiger partial charge in [0.2, 0.25) is 10.0 Å². The molecule has 0 unspecified atom stereocenters. The van der Waals surface area contributed by atoms with E-state index in [1.54, 1.807) is 24.3 Å². The van der Waals surface area contributed by atoms with Crippen LogP contribution in [0, 0.1) is 18.3 Å². The van der Waals surface area contributed by atoms with Crippen molar-refractivity contribution >= 4 is 49.7 Å². The van der Waals surface area contributed by atoms with E-state index >= 15 is 0 Å². The fourth-order valence-corrected chi connectivity index (χ4v) is 4.32. The summed E-state index contributed by atoms with van der Waals surface area (Å²) in [5.74, 6) is -0.889. The Labute approximate surface area is 183 Å². The lowest BCUT2D eigenvalue weighted by molar-refractivity contribution is 0.0977. The molecule has 0 aliphatic rings. The molecule has 0 aliphatic carbocycles. The number of aromatic nitrogens is 1. The van der Waals surface area contributed by atoms with E-state index in [0.29, 0.717) is 17.2 Å². The first kappa shape index (κ1) is 21.8. The van der Waals surface area contributed by atoms with Gasteiger partial charge < -0.3 is 4.90 Å². The normalized spacial score (nSPS) is 11.0. The van der Waals surface area contributed by atoms with Crippen molar-refractivity contribution in [2.75, 3.05) is 11.2 Å². The minimum atomic E-state index is -3.75. The monoisotopic (exact) mass is 460 g/mol. The standard InChI is InChI=1S/C20H17ClN4O3S2/c1-13-4-3-5-15(10-13)12-25(16-8-6-14(11-22)7-9-16)20-23-17(18(21)29-20)19(26)24-30(2,27)28/h3-10H,12H2,1-2H3,(H,24,26). The Kier molecular flexibility index (Phi) is 6.41. The zero-order valence-corrected chi connectivity index (χ0v) is 18.5. The van der Waals surface area contributed by atoms with Crippen molar-refractivity contribution in [3.8, 4) is 6.07 Å². The maximum absolute atomic E-state index is 12.3. The lowest BCUT2D eigenvalue weighted by atomic mass is 10.1. The third-order valence-electron chi connectivity index (χ3n) is 4.03. The van der Waals surface area contributed by atoms with Crippen LogP contribution in [0.5, 0.6) is 0 Å². The molecular weight excluding hydrogens is 444 g/mol. The topological polar surface area (TPSA) is 103 Å². The molecule has 1 N–H and O–H groups in total. The van der Waals surface area contributed by atoms with Crippen molar-refractivity contribution < 1.29 is 13.2 Å². The maximum Gasteiger partial charge on any atom is 0.285 e. The smallest absolute Gasteiger partial charge is 0.285 e. The van der Waals surface area contributed by atoms with E-state index in [1.807, 2.05) is 40.8 Å². The first-order chi connectivity index (χ1) is 14.2. The zero-order chi connectivity index (χ0) is 21.9. The number of carbonyl (C=O) groups is 1. The summed E-state index contributed by atoms with van der Waals surface area (Å²) in [6.45, 7) is 2.42. The lowest BCUT2D eigenvalue weighted by Crippen LogP contribution is -2.29. The van der Waals surface area contributed by atoms with Gasteiger partial charge in [0.25, 0.3) is 5.91 Å². The second-order valence-electron chi connectivity index (χ2n) is 6.56. The summed E-state index contributed by atoms with van der Waals surface area (Å²) in [7, 11) is -3.75. The minimum Gasteiger partial charge on any atom is -0.313 e. The second-order valence-corrected chi connectivity index (χ2v) is 9.88. The highest BCUT2D eigenvalue weighted by molar-refractivity contribution is 7.89. The Hall–Kier alpha value is -2.93. The van der Waals surface area contributed by atoms with E-state index < -0.39 is 15.9 Å². The molecule has 0 fully saturated rings. The van der Waals surface area contributed by atoms with Gasteiger partial charge in [-0.25, -0.2) is 18.1 Å². The number of anilines is 2. The van der Waals surface area contributed by atoms with Crippen LogP contribution in [0.4, 0.5) is 10.8 Å². The fourth-order valence-electron chi connectivity index (χ4n) is 2.74. The quantitative estimate of drug-likeness (QED) is 0.596. The highest BCUT2D eigenvalue weighted by Gasteiger charge is 2.23. The third kappa shape index (κ3) is 5.36. The van der Waals surface area contributed by atoms with Crippen molar-refractivity contribution in [2.24, 2.45) is 0 Å². The van der Waals surface area contributed by atoms with Crippen molar-refractivity contribution in [3.05, 3.63) is 75.3 Å². The van der Waals surface area contributed by atoms with Gasteiger partial charge in [-0.3, -0.25) is 4.79 Å². The number of carbonyl (C=O) groups excluding carboxylic acids is 1. The van der Waals surface area contributed by atoms with Gasteiger partial charge in [0, 0.05) is 5.69 Å². The Bertz CT molecular complexity index is 1230. The molecule has 0 saturated carbocycles. The molecule has 0 spiro atoms. The molecule has 1 amide bonds. The number of halogens is 1. The molecule has 1 heterocycles. The second kappa shape index (κ2) is 8.83. The molecule has 0 radical (unpaired) electrons. The van der Waals surface area contributed by atoms with Gasteiger partial charge >= 0.3 is 0 Å². The van der Waals surface area contributed by atoms with Crippen LogP contribution in [0.2, 0.25) is 4.34 Å². The molecule has 30 heavy (non-hydrogen) atoms. The van der Waals surface area contributed by atoms with E-state index in [2.05, 4.69) is 11.1 Å². The molecule has 0 saturated heterocycles. The first-order valence-corrected chi connectivity index (χ1v) is 11.8. The van der Waals surface area contributed by atoms with Gasteiger partial charge in [0.15, 0.2) is 10.8 Å². The molecule has 3 rings (SSSR count). The number of hydrogen-bond acceptors (Lipinski definition) is 7. The first-order valence-electron chi connectivity index (χ1n) is 8.68. The van der Waals surface area contributed by atoms with Crippen LogP contribution in [0.3, 0.4) is 0 Å². The number of sulfonamides is 1. The Morgan fingerprint density at radius 3 is 2.57 bits per heavy atom. The molecule has 0 atom stereocenters. The molecular formula is C20H17ClN4O3S2. The summed E-state index contributed by atoms with van der Waals surface area (Å²) in [6, 6.07) is 16.9. The molecule has 2 aromatic carbocycles. The van der Waals surface area contributed by atoms with Gasteiger partial charge in [0.05, 0.1) is 24.4 Å². The summed E-state index contributed by atoms with van der Waals surface area (Å²) in [4.78, 5) is 18.4. The Morgan fingerprint density at radius 1 is 1.27 bits per heavy atom. The van der Waals surface area contributed by atoms with Crippen LogP contribution < -0.4 is 9.62 Å². The van der Waals surface area contributed by atoms with Crippen LogP contribution >= 0.6 is 22.9 Å². The van der Waals surface area contributed by atoms with E-state index in [9.17, 15) is 13.2 Å². The van der Waals surface area contributed by atoms with E-state index in [1.165, 1.54) is 0 Å². The van der Waals surface area contributed by atoms with Crippen molar-refractivity contribution in [3.63, 3.8) is 0 Å². The van der Waals surface area contributed by atoms with E-state index in [0.717, 1.165) is 34.4 Å². The molecule has 3 aromatic rings. The molecule has 154 valence electrons. The summed E-state index contributed by atoms with van der Waals surface area (Å²) in [5, 5.41) is 9.48. The van der Waals surface area contributed by atoms with Crippen LogP contribution in [-0.4, -0.2) is 25.6 Å². The highest BCUT2D eigenvalue weighted by atomic mass is 35.5. The van der Waals surface area contributed by atoms with Crippen molar-refractivity contribution in [1.29, 1.82) is 5.26 Å². The predicted octanol–water partition coefficient (Wildman–Crippen LogP) is 4.00. The maximum atomic E-state index is 12.3. The fraction of sp³-hybridized carbons (Fsp3) is 0.150. The molecule has 0 aliphatic heterocycles. The van der Waals surface area contributed by atoms with Crippen LogP contribution in [0.15, 0.2) is 48.5 Å². The largest absolute Gasteiger partial charge is 0.313 e. The Morgan fingerprint density at radius 2 is 1.97 bits per heavy atom. The number of nitrogens with one attached hydrogen (secondary N) is 1. The average molecular weight is 461 g/mol. The number of aryl methyl sites for hydroxylation is 1. The Balaban J connectivity index is 2.02. The third-order valence-corrected chi connectivity index (χ3v) is 5.86. The van der Waals surface area contributed by atoms with Gasteiger partial charge in [-0.1, -0.05) is 52.8 Å². The molecule has 1 aromatic heterocycles. The average Bonchev–Trinajstić information content (AvgIpc) is 3.06. The SMILES string of the molecule is Cc1cccc(CN(c2ccc(C#N)cc2)c2nc(C(=O)NS(C)(=O)=O)c(Cl)s2)c1. The van der Waals surface area contributed by atoms with Crippen LogP contribution in [0.25, 0.3) is 0 Å². The summed E-state index contributed by atoms with van der Waals surface area (Å²) in [6.07, 6.45) is 0.882. The summed E-state index contributed by atoms with van der Waals surface area (Å²) >= 11 is 7.27. The highest BCUT2D eigenvalue weighted by Crippen LogP contribution is 2.36. The molecule has 0 bridgehead atoms. The van der Waals surface area contributed by atoms with Crippen LogP contribution in [-0.2, 0) is 16.6 Å². The summed E-state index contributed by atoms with van der Waals surface area (Å²) in [5.41, 5.74) is 3.20. The van der Waals surface area contributed by atoms with Gasteiger partial charge in [-0.2, -0.15) is 5.26 Å². The van der Waals surface area contributed by atoms with Gasteiger partial charge in [0.1, 0.15) is 4.34 Å². The summed E-state index contributed by atoms with van der Waals surface area (Å²) < 4.78 is 24.7. The van der Waals surface area contributed by atoms with E-state index in [4.69, 9.17) is 16.9 Å². The predicted molar refractivity (Wildman–Crippen MR) is 118 cm³/mol.